The number of amides is 1. The van der Waals surface area contributed by atoms with Crippen molar-refractivity contribution in [3.63, 3.8) is 0 Å². The van der Waals surface area contributed by atoms with E-state index in [9.17, 15) is 4.79 Å². The largest absolute Gasteiger partial charge is 0.339 e. The van der Waals surface area contributed by atoms with Crippen LogP contribution in [-0.2, 0) is 4.79 Å². The lowest BCUT2D eigenvalue weighted by Gasteiger charge is -2.23. The van der Waals surface area contributed by atoms with E-state index in [1.807, 2.05) is 11.8 Å². The van der Waals surface area contributed by atoms with Crippen LogP contribution in [0.15, 0.2) is 0 Å². The lowest BCUT2D eigenvalue weighted by molar-refractivity contribution is -0.134. The Bertz CT molecular complexity index is 253. The zero-order valence-electron chi connectivity index (χ0n) is 9.70. The molecule has 1 aliphatic rings. The first kappa shape index (κ1) is 12.0. The van der Waals surface area contributed by atoms with E-state index >= 15 is 0 Å². The Labute approximate surface area is 92.1 Å². The quantitative estimate of drug-likeness (QED) is 0.672. The third-order valence-corrected chi connectivity index (χ3v) is 2.77. The van der Waals surface area contributed by atoms with E-state index in [0.717, 1.165) is 32.2 Å². The summed E-state index contributed by atoms with van der Waals surface area (Å²) in [4.78, 5) is 14.0. The molecule has 1 atom stereocenters. The molecule has 1 amide bonds. The van der Waals surface area contributed by atoms with Gasteiger partial charge >= 0.3 is 0 Å². The van der Waals surface area contributed by atoms with Crippen molar-refractivity contribution in [2.75, 3.05) is 6.54 Å². The summed E-state index contributed by atoms with van der Waals surface area (Å²) in [6.07, 6.45) is 4.81. The molecular weight excluding hydrogens is 188 g/mol. The van der Waals surface area contributed by atoms with Gasteiger partial charge in [0.2, 0.25) is 5.91 Å². The van der Waals surface area contributed by atoms with Crippen molar-refractivity contribution in [2.24, 2.45) is 5.92 Å². The molecule has 1 aliphatic carbocycles. The molecule has 0 radical (unpaired) electrons. The Hall–Kier alpha value is -1.04. The van der Waals surface area contributed by atoms with Crippen LogP contribution in [0.3, 0.4) is 0 Å². The van der Waals surface area contributed by atoms with Crippen LogP contribution >= 0.6 is 0 Å². The van der Waals surface area contributed by atoms with Gasteiger partial charge in [-0.2, -0.15) is 5.26 Å². The van der Waals surface area contributed by atoms with Crippen LogP contribution in [-0.4, -0.2) is 23.4 Å². The monoisotopic (exact) mass is 208 g/mol. The highest BCUT2D eigenvalue weighted by Crippen LogP contribution is 2.28. The number of rotatable bonds is 6. The fraction of sp³-hybridized carbons (Fsp3) is 0.833. The molecule has 3 nitrogen and oxygen atoms in total. The van der Waals surface area contributed by atoms with E-state index in [4.69, 9.17) is 5.26 Å². The summed E-state index contributed by atoms with van der Waals surface area (Å²) in [6, 6.07) is 2.57. The van der Waals surface area contributed by atoms with E-state index in [2.05, 4.69) is 13.0 Å². The minimum absolute atomic E-state index is 0.0590. The maximum atomic E-state index is 12.0. The summed E-state index contributed by atoms with van der Waals surface area (Å²) < 4.78 is 0. The molecule has 0 bridgehead atoms. The minimum atomic E-state index is -0.415. The first-order valence-electron chi connectivity index (χ1n) is 5.94. The molecule has 84 valence electrons. The third-order valence-electron chi connectivity index (χ3n) is 2.77. The van der Waals surface area contributed by atoms with Crippen molar-refractivity contribution in [1.82, 2.24) is 4.90 Å². The van der Waals surface area contributed by atoms with Crippen LogP contribution in [0, 0.1) is 17.2 Å². The molecular formula is C12H20N2O. The molecule has 1 fully saturated rings. The second-order valence-electron chi connectivity index (χ2n) is 4.23. The van der Waals surface area contributed by atoms with Crippen molar-refractivity contribution >= 4 is 5.91 Å². The number of carbonyl (C=O) groups is 1. The van der Waals surface area contributed by atoms with Gasteiger partial charge in [-0.15, -0.1) is 0 Å². The number of nitriles is 1. The lowest BCUT2D eigenvalue weighted by atomic mass is 10.0. The summed E-state index contributed by atoms with van der Waals surface area (Å²) in [5, 5.41) is 8.95. The summed E-state index contributed by atoms with van der Waals surface area (Å²) in [7, 11) is 0. The smallest absolute Gasteiger partial charge is 0.240 e. The SMILES string of the molecule is CCCC(C#N)C(=O)N(CCC)C1CC1. The summed E-state index contributed by atoms with van der Waals surface area (Å²) in [5.74, 6) is -0.356. The predicted octanol–water partition coefficient (Wildman–Crippen LogP) is 2.33. The van der Waals surface area contributed by atoms with Gasteiger partial charge in [0.25, 0.3) is 0 Å². The zero-order chi connectivity index (χ0) is 11.3. The molecule has 15 heavy (non-hydrogen) atoms. The number of hydrogen-bond acceptors (Lipinski definition) is 2. The van der Waals surface area contributed by atoms with Crippen molar-refractivity contribution in [3.8, 4) is 6.07 Å². The highest BCUT2D eigenvalue weighted by molar-refractivity contribution is 5.81. The molecule has 0 aromatic rings. The molecule has 0 aliphatic heterocycles. The van der Waals surface area contributed by atoms with Gasteiger partial charge in [-0.25, -0.2) is 0 Å². The molecule has 0 spiro atoms. The van der Waals surface area contributed by atoms with Gasteiger partial charge < -0.3 is 4.90 Å². The Balaban J connectivity index is 2.57. The van der Waals surface area contributed by atoms with Crippen LogP contribution in [0.4, 0.5) is 0 Å². The van der Waals surface area contributed by atoms with Gasteiger partial charge in [0.1, 0.15) is 5.92 Å². The first-order chi connectivity index (χ1) is 7.24. The van der Waals surface area contributed by atoms with Gasteiger partial charge in [0.05, 0.1) is 6.07 Å². The molecule has 0 aromatic heterocycles. The fourth-order valence-corrected chi connectivity index (χ4v) is 1.83. The average Bonchev–Trinajstić information content (AvgIpc) is 3.05. The standard InChI is InChI=1S/C12H20N2O/c1-3-5-10(9-13)12(15)14(8-4-2)11-6-7-11/h10-11H,3-8H2,1-2H3. The summed E-state index contributed by atoms with van der Waals surface area (Å²) in [6.45, 7) is 4.90. The van der Waals surface area contributed by atoms with E-state index in [1.54, 1.807) is 0 Å². The topological polar surface area (TPSA) is 44.1 Å². The van der Waals surface area contributed by atoms with Gasteiger partial charge in [-0.1, -0.05) is 20.3 Å². The van der Waals surface area contributed by atoms with Gasteiger partial charge in [-0.3, -0.25) is 4.79 Å². The molecule has 1 unspecified atom stereocenters. The van der Waals surface area contributed by atoms with Crippen molar-refractivity contribution in [1.29, 1.82) is 5.26 Å². The Morgan fingerprint density at radius 1 is 1.47 bits per heavy atom. The Morgan fingerprint density at radius 3 is 2.53 bits per heavy atom. The van der Waals surface area contributed by atoms with E-state index in [1.165, 1.54) is 0 Å². The minimum Gasteiger partial charge on any atom is -0.339 e. The molecule has 0 N–H and O–H groups in total. The lowest BCUT2D eigenvalue weighted by Crippen LogP contribution is -2.38. The third kappa shape index (κ3) is 3.23. The maximum Gasteiger partial charge on any atom is 0.240 e. The maximum absolute atomic E-state index is 12.0. The van der Waals surface area contributed by atoms with E-state index < -0.39 is 5.92 Å². The molecule has 0 aromatic carbocycles. The molecule has 0 saturated heterocycles. The Kier molecular flexibility index (Phi) is 4.61. The molecule has 1 rings (SSSR count). The number of carbonyl (C=O) groups excluding carboxylic acids is 1. The van der Waals surface area contributed by atoms with Gasteiger partial charge in [0.15, 0.2) is 0 Å². The van der Waals surface area contributed by atoms with Crippen molar-refractivity contribution in [3.05, 3.63) is 0 Å². The Morgan fingerprint density at radius 2 is 2.13 bits per heavy atom. The summed E-state index contributed by atoms with van der Waals surface area (Å²) >= 11 is 0. The second-order valence-corrected chi connectivity index (χ2v) is 4.23. The zero-order valence-corrected chi connectivity index (χ0v) is 9.70. The normalized spacial score (nSPS) is 16.9. The van der Waals surface area contributed by atoms with E-state index in [0.29, 0.717) is 12.5 Å². The number of hydrogen-bond donors (Lipinski definition) is 0. The van der Waals surface area contributed by atoms with Gasteiger partial charge in [-0.05, 0) is 25.7 Å². The van der Waals surface area contributed by atoms with Crippen LogP contribution in [0.5, 0.6) is 0 Å². The van der Waals surface area contributed by atoms with Crippen LogP contribution in [0.2, 0.25) is 0 Å². The van der Waals surface area contributed by atoms with Crippen LogP contribution in [0.1, 0.15) is 46.0 Å². The first-order valence-corrected chi connectivity index (χ1v) is 5.94. The molecule has 1 saturated carbocycles. The van der Waals surface area contributed by atoms with Crippen LogP contribution < -0.4 is 0 Å². The second kappa shape index (κ2) is 5.75. The van der Waals surface area contributed by atoms with Gasteiger partial charge in [0, 0.05) is 12.6 Å². The fourth-order valence-electron chi connectivity index (χ4n) is 1.83. The highest BCUT2D eigenvalue weighted by Gasteiger charge is 2.34. The number of nitrogens with zero attached hydrogens (tertiary/aromatic N) is 2. The predicted molar refractivity (Wildman–Crippen MR) is 59.0 cm³/mol. The van der Waals surface area contributed by atoms with Crippen LogP contribution in [0.25, 0.3) is 0 Å². The summed E-state index contributed by atoms with van der Waals surface area (Å²) in [5.41, 5.74) is 0. The van der Waals surface area contributed by atoms with Crippen molar-refractivity contribution < 1.29 is 4.79 Å². The average molecular weight is 208 g/mol. The molecule has 0 heterocycles. The molecule has 3 heteroatoms. The van der Waals surface area contributed by atoms with Crippen molar-refractivity contribution in [2.45, 2.75) is 52.0 Å². The highest BCUT2D eigenvalue weighted by atomic mass is 16.2. The van der Waals surface area contributed by atoms with E-state index in [-0.39, 0.29) is 5.91 Å².